The number of carbonyl (C=O) groups excluding carboxylic acids is 2. The summed E-state index contributed by atoms with van der Waals surface area (Å²) in [7, 11) is 0. The zero-order valence-electron chi connectivity index (χ0n) is 17.9. The van der Waals surface area contributed by atoms with E-state index >= 15 is 0 Å². The average Bonchev–Trinajstić information content (AvgIpc) is 3.34. The molecule has 158 valence electrons. The molecule has 0 saturated heterocycles. The zero-order chi connectivity index (χ0) is 20.5. The van der Waals surface area contributed by atoms with Gasteiger partial charge in [-0.15, -0.1) is 0 Å². The van der Waals surface area contributed by atoms with Crippen LogP contribution < -0.4 is 10.2 Å². The molecule has 0 aromatic carbocycles. The first-order valence-corrected chi connectivity index (χ1v) is 10.8. The SMILES string of the molecule is CC[NH+](CC)CCC[C@H](C)N(CC(=O)Nc1cc(C)on1)C(=O)C1CCCC1. The lowest BCUT2D eigenvalue weighted by Gasteiger charge is -2.31. The highest BCUT2D eigenvalue weighted by atomic mass is 16.5. The first-order valence-electron chi connectivity index (χ1n) is 10.8. The summed E-state index contributed by atoms with van der Waals surface area (Å²) in [5.74, 6) is 1.01. The van der Waals surface area contributed by atoms with Gasteiger partial charge in [-0.05, 0) is 53.4 Å². The fourth-order valence-corrected chi connectivity index (χ4v) is 4.03. The van der Waals surface area contributed by atoms with Crippen molar-refractivity contribution in [3.63, 3.8) is 0 Å². The summed E-state index contributed by atoms with van der Waals surface area (Å²) in [5.41, 5.74) is 0. The van der Waals surface area contributed by atoms with Crippen LogP contribution in [0.3, 0.4) is 0 Å². The number of anilines is 1. The van der Waals surface area contributed by atoms with Crippen LogP contribution in [-0.2, 0) is 9.59 Å². The normalized spacial score (nSPS) is 15.8. The number of amides is 2. The van der Waals surface area contributed by atoms with Crippen LogP contribution >= 0.6 is 0 Å². The molecule has 7 heteroatoms. The van der Waals surface area contributed by atoms with E-state index in [1.807, 2.05) is 0 Å². The molecule has 0 bridgehead atoms. The molecule has 1 aliphatic carbocycles. The Labute approximate surface area is 168 Å². The van der Waals surface area contributed by atoms with Crippen LogP contribution in [0, 0.1) is 12.8 Å². The number of aryl methyl sites for hydroxylation is 1. The summed E-state index contributed by atoms with van der Waals surface area (Å²) >= 11 is 0. The van der Waals surface area contributed by atoms with E-state index in [0.717, 1.165) is 58.2 Å². The molecule has 0 spiro atoms. The Kier molecular flexibility index (Phi) is 8.96. The van der Waals surface area contributed by atoms with Gasteiger partial charge in [0, 0.05) is 18.0 Å². The minimum absolute atomic E-state index is 0.0489. The molecule has 7 nitrogen and oxygen atoms in total. The number of quaternary nitrogens is 1. The third-order valence-electron chi connectivity index (χ3n) is 5.88. The summed E-state index contributed by atoms with van der Waals surface area (Å²) < 4.78 is 5.00. The molecule has 0 radical (unpaired) electrons. The number of nitrogens with one attached hydrogen (secondary N) is 2. The van der Waals surface area contributed by atoms with Crippen LogP contribution in [0.5, 0.6) is 0 Å². The van der Waals surface area contributed by atoms with Gasteiger partial charge in [-0.2, -0.15) is 0 Å². The van der Waals surface area contributed by atoms with Crippen molar-refractivity contribution in [3.05, 3.63) is 11.8 Å². The minimum atomic E-state index is -0.221. The molecule has 28 heavy (non-hydrogen) atoms. The van der Waals surface area contributed by atoms with Crippen LogP contribution in [0.1, 0.15) is 65.1 Å². The molecule has 1 aromatic rings. The van der Waals surface area contributed by atoms with Gasteiger partial charge < -0.3 is 19.6 Å². The van der Waals surface area contributed by atoms with E-state index in [2.05, 4.69) is 31.2 Å². The van der Waals surface area contributed by atoms with Crippen LogP contribution in [0.4, 0.5) is 5.82 Å². The number of hydrogen-bond donors (Lipinski definition) is 2. The third kappa shape index (κ3) is 6.62. The molecule has 1 fully saturated rings. The second kappa shape index (κ2) is 11.2. The van der Waals surface area contributed by atoms with Crippen molar-refractivity contribution < 1.29 is 19.0 Å². The number of aromatic nitrogens is 1. The molecule has 1 heterocycles. The lowest BCUT2D eigenvalue weighted by molar-refractivity contribution is -0.896. The van der Waals surface area contributed by atoms with E-state index < -0.39 is 0 Å². The number of carbonyl (C=O) groups is 2. The van der Waals surface area contributed by atoms with Crippen molar-refractivity contribution in [1.29, 1.82) is 0 Å². The molecule has 0 unspecified atom stereocenters. The monoisotopic (exact) mass is 393 g/mol. The van der Waals surface area contributed by atoms with Gasteiger partial charge in [-0.1, -0.05) is 18.0 Å². The first-order chi connectivity index (χ1) is 13.4. The van der Waals surface area contributed by atoms with Gasteiger partial charge in [0.05, 0.1) is 19.6 Å². The van der Waals surface area contributed by atoms with Crippen molar-refractivity contribution in [1.82, 2.24) is 10.1 Å². The lowest BCUT2D eigenvalue weighted by atomic mass is 10.0. The lowest BCUT2D eigenvalue weighted by Crippen LogP contribution is -3.11. The highest BCUT2D eigenvalue weighted by molar-refractivity contribution is 5.94. The largest absolute Gasteiger partial charge is 0.360 e. The predicted octanol–water partition coefficient (Wildman–Crippen LogP) is 2.03. The second-order valence-corrected chi connectivity index (χ2v) is 8.02. The predicted molar refractivity (Wildman–Crippen MR) is 109 cm³/mol. The maximum Gasteiger partial charge on any atom is 0.245 e. The maximum absolute atomic E-state index is 13.1. The minimum Gasteiger partial charge on any atom is -0.360 e. The summed E-state index contributed by atoms with van der Waals surface area (Å²) in [6.07, 6.45) is 6.06. The quantitative estimate of drug-likeness (QED) is 0.603. The van der Waals surface area contributed by atoms with E-state index in [-0.39, 0.29) is 30.3 Å². The van der Waals surface area contributed by atoms with Crippen molar-refractivity contribution in [2.75, 3.05) is 31.5 Å². The zero-order valence-corrected chi connectivity index (χ0v) is 17.9. The molecule has 0 aliphatic heterocycles. The van der Waals surface area contributed by atoms with Crippen LogP contribution in [0.15, 0.2) is 10.6 Å². The van der Waals surface area contributed by atoms with Crippen molar-refractivity contribution in [2.24, 2.45) is 5.92 Å². The number of nitrogens with zero attached hydrogens (tertiary/aromatic N) is 2. The van der Waals surface area contributed by atoms with Gasteiger partial charge in [0.2, 0.25) is 11.8 Å². The van der Waals surface area contributed by atoms with Gasteiger partial charge in [0.15, 0.2) is 5.82 Å². The third-order valence-corrected chi connectivity index (χ3v) is 5.88. The Morgan fingerprint density at radius 2 is 2.00 bits per heavy atom. The van der Waals surface area contributed by atoms with Gasteiger partial charge in [0.25, 0.3) is 0 Å². The molecular formula is C21H37N4O3+. The smallest absolute Gasteiger partial charge is 0.245 e. The average molecular weight is 394 g/mol. The molecule has 2 amide bonds. The van der Waals surface area contributed by atoms with E-state index in [1.54, 1.807) is 22.8 Å². The van der Waals surface area contributed by atoms with Gasteiger partial charge >= 0.3 is 0 Å². The van der Waals surface area contributed by atoms with Gasteiger partial charge in [-0.25, -0.2) is 0 Å². The molecule has 2 N–H and O–H groups in total. The Balaban J connectivity index is 1.96. The van der Waals surface area contributed by atoms with Crippen LogP contribution in [0.2, 0.25) is 0 Å². The Morgan fingerprint density at radius 1 is 1.32 bits per heavy atom. The second-order valence-electron chi connectivity index (χ2n) is 8.02. The van der Waals surface area contributed by atoms with Gasteiger partial charge in [-0.3, -0.25) is 9.59 Å². The van der Waals surface area contributed by atoms with E-state index in [1.165, 1.54) is 0 Å². The Hall–Kier alpha value is -1.89. The highest BCUT2D eigenvalue weighted by Gasteiger charge is 2.31. The molecule has 1 atom stereocenters. The van der Waals surface area contributed by atoms with E-state index in [9.17, 15) is 9.59 Å². The van der Waals surface area contributed by atoms with Crippen molar-refractivity contribution in [3.8, 4) is 0 Å². The van der Waals surface area contributed by atoms with Gasteiger partial charge in [0.1, 0.15) is 12.3 Å². The number of rotatable bonds is 11. The van der Waals surface area contributed by atoms with Crippen LogP contribution in [0.25, 0.3) is 0 Å². The van der Waals surface area contributed by atoms with E-state index in [0.29, 0.717) is 11.6 Å². The summed E-state index contributed by atoms with van der Waals surface area (Å²) in [5, 5.41) is 6.55. The highest BCUT2D eigenvalue weighted by Crippen LogP contribution is 2.27. The maximum atomic E-state index is 13.1. The summed E-state index contributed by atoms with van der Waals surface area (Å²) in [4.78, 5) is 29.0. The Morgan fingerprint density at radius 3 is 2.57 bits per heavy atom. The van der Waals surface area contributed by atoms with Crippen molar-refractivity contribution >= 4 is 17.6 Å². The van der Waals surface area contributed by atoms with Crippen LogP contribution in [-0.4, -0.2) is 54.1 Å². The molecule has 1 saturated carbocycles. The molecular weight excluding hydrogens is 356 g/mol. The van der Waals surface area contributed by atoms with E-state index in [4.69, 9.17) is 4.52 Å². The standard InChI is InChI=1S/C21H36N4O3/c1-5-24(6-2)13-9-10-16(3)25(21(27)18-11-7-8-12-18)15-20(26)22-19-14-17(4)28-23-19/h14,16,18H,5-13,15H2,1-4H3,(H,22,23,26)/p+1/t16-/m0/s1. The molecule has 1 aromatic heterocycles. The Bertz CT molecular complexity index is 621. The summed E-state index contributed by atoms with van der Waals surface area (Å²) in [6, 6.07) is 1.73. The summed E-state index contributed by atoms with van der Waals surface area (Å²) in [6.45, 7) is 11.7. The number of hydrogen-bond acceptors (Lipinski definition) is 4. The fourth-order valence-electron chi connectivity index (χ4n) is 4.03. The topological polar surface area (TPSA) is 79.9 Å². The molecule has 2 rings (SSSR count). The first kappa shape index (κ1) is 22.4. The molecule has 1 aliphatic rings. The van der Waals surface area contributed by atoms with Crippen molar-refractivity contribution in [2.45, 2.75) is 72.3 Å². The fraction of sp³-hybridized carbons (Fsp3) is 0.762.